The molecule has 0 aromatic carbocycles. The number of aromatic nitrogens is 4. The van der Waals surface area contributed by atoms with Gasteiger partial charge in [-0.25, -0.2) is 33.3 Å². The number of nitrogens with one attached hydrogen (secondary N) is 3. The zero-order valence-corrected chi connectivity index (χ0v) is 21.2. The van der Waals surface area contributed by atoms with Gasteiger partial charge in [0.2, 0.25) is 17.7 Å². The van der Waals surface area contributed by atoms with Crippen LogP contribution in [0.4, 0.5) is 30.1 Å². The van der Waals surface area contributed by atoms with Crippen molar-refractivity contribution in [2.75, 3.05) is 50.1 Å². The van der Waals surface area contributed by atoms with Crippen molar-refractivity contribution in [3.05, 3.63) is 24.7 Å². The number of hydrogen-bond donors (Lipinski definition) is 3. The Morgan fingerprint density at radius 2 is 2.00 bits per heavy atom. The van der Waals surface area contributed by atoms with E-state index in [4.69, 9.17) is 9.47 Å². The van der Waals surface area contributed by atoms with Crippen LogP contribution in [-0.2, 0) is 0 Å². The van der Waals surface area contributed by atoms with E-state index in [9.17, 15) is 18.4 Å². The second kappa shape index (κ2) is 12.1. The summed E-state index contributed by atoms with van der Waals surface area (Å²) in [6.07, 6.45) is 4.41. The van der Waals surface area contributed by atoms with Crippen LogP contribution in [0.5, 0.6) is 11.8 Å². The molecule has 2 aliphatic heterocycles. The molecule has 0 aliphatic carbocycles. The quantitative estimate of drug-likeness (QED) is 0.480. The standard InChI is InChI=1S/C23H31F2N9O4/c1-3-37-19-13-28-17(12-29-19)31-21(35)33(2)16-14-34(11-7-23(16,24)25)20-27-10-6-18(32-20)38-22(36)30-15-4-8-26-9-5-15/h6,10,12-13,15-16,26H,3-5,7-9,11,14H2,1-2H3,(H,30,36)(H,28,31,35)/t16-/m0/s1. The molecule has 0 spiro atoms. The Labute approximate surface area is 218 Å². The highest BCUT2D eigenvalue weighted by Crippen LogP contribution is 2.33. The van der Waals surface area contributed by atoms with E-state index in [2.05, 4.69) is 35.9 Å². The molecule has 2 aliphatic rings. The highest BCUT2D eigenvalue weighted by molar-refractivity contribution is 5.88. The second-order valence-electron chi connectivity index (χ2n) is 8.94. The number of piperidine rings is 2. The lowest BCUT2D eigenvalue weighted by atomic mass is 10.00. The number of ether oxygens (including phenoxy) is 2. The molecule has 3 amide bonds. The summed E-state index contributed by atoms with van der Waals surface area (Å²) in [7, 11) is 1.28. The van der Waals surface area contributed by atoms with Crippen LogP contribution in [0.15, 0.2) is 24.7 Å². The first kappa shape index (κ1) is 27.2. The van der Waals surface area contributed by atoms with Gasteiger partial charge in [0.05, 0.1) is 19.0 Å². The van der Waals surface area contributed by atoms with E-state index in [1.807, 2.05) is 0 Å². The Balaban J connectivity index is 1.39. The largest absolute Gasteiger partial charge is 0.477 e. The lowest BCUT2D eigenvalue weighted by molar-refractivity contribution is -0.0760. The van der Waals surface area contributed by atoms with Crippen molar-refractivity contribution >= 4 is 23.9 Å². The van der Waals surface area contributed by atoms with E-state index in [1.165, 1.54) is 36.6 Å². The van der Waals surface area contributed by atoms with Crippen LogP contribution >= 0.6 is 0 Å². The van der Waals surface area contributed by atoms with Gasteiger partial charge in [-0.3, -0.25) is 5.32 Å². The van der Waals surface area contributed by atoms with Crippen molar-refractivity contribution in [1.29, 1.82) is 0 Å². The highest BCUT2D eigenvalue weighted by Gasteiger charge is 2.48. The summed E-state index contributed by atoms with van der Waals surface area (Å²) in [6.45, 7) is 3.53. The smallest absolute Gasteiger partial charge is 0.414 e. The molecule has 38 heavy (non-hydrogen) atoms. The zero-order chi connectivity index (χ0) is 27.1. The number of nitrogens with zero attached hydrogens (tertiary/aromatic N) is 6. The summed E-state index contributed by atoms with van der Waals surface area (Å²) in [5.74, 6) is -2.67. The van der Waals surface area contributed by atoms with Crippen molar-refractivity contribution in [2.45, 2.75) is 44.2 Å². The molecule has 2 fully saturated rings. The molecule has 0 saturated carbocycles. The molecule has 13 nitrogen and oxygen atoms in total. The minimum atomic E-state index is -3.16. The summed E-state index contributed by atoms with van der Waals surface area (Å²) in [5, 5.41) is 8.48. The molecular weight excluding hydrogens is 504 g/mol. The van der Waals surface area contributed by atoms with Gasteiger partial charge in [0.15, 0.2) is 5.82 Å². The third-order valence-electron chi connectivity index (χ3n) is 6.30. The first-order chi connectivity index (χ1) is 18.2. The van der Waals surface area contributed by atoms with Gasteiger partial charge in [0, 0.05) is 44.9 Å². The average molecular weight is 536 g/mol. The minimum absolute atomic E-state index is 0.00418. The number of likely N-dealkylation sites (N-methyl/N-ethyl adjacent to an activating group) is 1. The first-order valence-electron chi connectivity index (χ1n) is 12.4. The molecule has 206 valence electrons. The van der Waals surface area contributed by atoms with Crippen LogP contribution in [0, 0.1) is 0 Å². The molecule has 2 saturated heterocycles. The Morgan fingerprint density at radius 1 is 1.21 bits per heavy atom. The monoisotopic (exact) mass is 535 g/mol. The normalized spacial score (nSPS) is 19.4. The van der Waals surface area contributed by atoms with Gasteiger partial charge in [0.25, 0.3) is 5.92 Å². The Bertz CT molecular complexity index is 1100. The molecule has 0 unspecified atom stereocenters. The number of hydrogen-bond acceptors (Lipinski definition) is 10. The van der Waals surface area contributed by atoms with Crippen molar-refractivity contribution < 1.29 is 27.8 Å². The van der Waals surface area contributed by atoms with Gasteiger partial charge in [-0.05, 0) is 32.9 Å². The molecule has 2 aromatic rings. The second-order valence-corrected chi connectivity index (χ2v) is 8.94. The molecule has 15 heteroatoms. The number of alkyl halides is 2. The average Bonchev–Trinajstić information content (AvgIpc) is 2.90. The molecule has 3 N–H and O–H groups in total. The summed E-state index contributed by atoms with van der Waals surface area (Å²) in [5.41, 5.74) is 0. The zero-order valence-electron chi connectivity index (χ0n) is 21.2. The topological polar surface area (TPSA) is 147 Å². The minimum Gasteiger partial charge on any atom is -0.477 e. The van der Waals surface area contributed by atoms with Gasteiger partial charge < -0.3 is 29.9 Å². The number of carbonyl (C=O) groups excluding carboxylic acids is 2. The lowest BCUT2D eigenvalue weighted by Crippen LogP contribution is -2.60. The number of halogens is 2. The summed E-state index contributed by atoms with van der Waals surface area (Å²) < 4.78 is 40.3. The van der Waals surface area contributed by atoms with Gasteiger partial charge >= 0.3 is 12.1 Å². The van der Waals surface area contributed by atoms with Crippen LogP contribution in [0.2, 0.25) is 0 Å². The lowest BCUT2D eigenvalue weighted by Gasteiger charge is -2.42. The Morgan fingerprint density at radius 3 is 2.71 bits per heavy atom. The van der Waals surface area contributed by atoms with Crippen LogP contribution in [0.25, 0.3) is 0 Å². The fraction of sp³-hybridized carbons (Fsp3) is 0.565. The van der Waals surface area contributed by atoms with E-state index in [0.29, 0.717) is 6.61 Å². The molecular formula is C23H31F2N9O4. The third-order valence-corrected chi connectivity index (χ3v) is 6.30. The predicted octanol–water partition coefficient (Wildman–Crippen LogP) is 1.88. The Kier molecular flexibility index (Phi) is 8.66. The van der Waals surface area contributed by atoms with Gasteiger partial charge in [-0.1, -0.05) is 0 Å². The molecule has 0 bridgehead atoms. The van der Waals surface area contributed by atoms with Crippen molar-refractivity contribution in [3.63, 3.8) is 0 Å². The van der Waals surface area contributed by atoms with Crippen LogP contribution in [-0.4, -0.2) is 94.8 Å². The fourth-order valence-corrected chi connectivity index (χ4v) is 4.21. The van der Waals surface area contributed by atoms with Crippen LogP contribution < -0.4 is 30.3 Å². The summed E-state index contributed by atoms with van der Waals surface area (Å²) in [4.78, 5) is 43.9. The molecule has 4 heterocycles. The van der Waals surface area contributed by atoms with Gasteiger partial charge in [-0.2, -0.15) is 4.98 Å². The fourth-order valence-electron chi connectivity index (χ4n) is 4.21. The molecule has 2 aromatic heterocycles. The van der Waals surface area contributed by atoms with Crippen LogP contribution in [0.3, 0.4) is 0 Å². The van der Waals surface area contributed by atoms with E-state index in [0.717, 1.165) is 30.8 Å². The Hall–Kier alpha value is -3.88. The number of urea groups is 1. The first-order valence-corrected chi connectivity index (χ1v) is 12.4. The van der Waals surface area contributed by atoms with E-state index < -0.39 is 30.5 Å². The van der Waals surface area contributed by atoms with Crippen molar-refractivity contribution in [2.24, 2.45) is 0 Å². The number of anilines is 2. The summed E-state index contributed by atoms with van der Waals surface area (Å²) >= 11 is 0. The maximum absolute atomic E-state index is 14.9. The molecule has 0 radical (unpaired) electrons. The maximum atomic E-state index is 14.9. The number of carbonyl (C=O) groups is 2. The van der Waals surface area contributed by atoms with Gasteiger partial charge in [0.1, 0.15) is 6.04 Å². The number of amides is 3. The van der Waals surface area contributed by atoms with Gasteiger partial charge in [-0.15, -0.1) is 0 Å². The van der Waals surface area contributed by atoms with E-state index in [1.54, 1.807) is 6.92 Å². The molecule has 1 atom stereocenters. The SMILES string of the molecule is CCOc1cnc(NC(=O)N(C)[C@H]2CN(c3nccc(OC(=O)NC4CCNCC4)n3)CCC2(F)F)cn1. The van der Waals surface area contributed by atoms with Crippen LogP contribution in [0.1, 0.15) is 26.2 Å². The van der Waals surface area contributed by atoms with E-state index in [-0.39, 0.29) is 42.7 Å². The summed E-state index contributed by atoms with van der Waals surface area (Å²) in [6, 6.07) is -0.838. The van der Waals surface area contributed by atoms with Crippen molar-refractivity contribution in [1.82, 2.24) is 35.5 Å². The predicted molar refractivity (Wildman–Crippen MR) is 133 cm³/mol. The maximum Gasteiger partial charge on any atom is 0.414 e. The number of rotatable bonds is 7. The van der Waals surface area contributed by atoms with Crippen molar-refractivity contribution in [3.8, 4) is 11.8 Å². The third kappa shape index (κ3) is 6.90. The van der Waals surface area contributed by atoms with E-state index >= 15 is 0 Å². The molecule has 4 rings (SSSR count). The highest BCUT2D eigenvalue weighted by atomic mass is 19.3.